The summed E-state index contributed by atoms with van der Waals surface area (Å²) in [6.07, 6.45) is 2.24. The van der Waals surface area contributed by atoms with Gasteiger partial charge in [0.2, 0.25) is 0 Å². The van der Waals surface area contributed by atoms with Gasteiger partial charge in [-0.2, -0.15) is 0 Å². The van der Waals surface area contributed by atoms with E-state index in [-0.39, 0.29) is 5.56 Å². The standard InChI is InChI=1S/C12H13N5OS/c1-6-4-9(18)16-12(14-6)19-10-5-8(13)15-11(17-10)7-2-3-7/h4-5,7H,2-3H2,1H3,(H2,13,15,17)(H,14,16,18). The molecule has 0 unspecified atom stereocenters. The van der Waals surface area contributed by atoms with Crippen molar-refractivity contribution in [2.24, 2.45) is 0 Å². The molecule has 2 aromatic heterocycles. The molecule has 1 fully saturated rings. The predicted molar refractivity (Wildman–Crippen MR) is 72.1 cm³/mol. The molecule has 0 amide bonds. The Hall–Kier alpha value is -1.89. The van der Waals surface area contributed by atoms with Gasteiger partial charge in [0.1, 0.15) is 16.7 Å². The Morgan fingerprint density at radius 1 is 1.32 bits per heavy atom. The minimum atomic E-state index is -0.167. The molecule has 1 aliphatic carbocycles. The first-order valence-electron chi connectivity index (χ1n) is 6.00. The third kappa shape index (κ3) is 2.93. The van der Waals surface area contributed by atoms with E-state index >= 15 is 0 Å². The molecular weight excluding hydrogens is 262 g/mol. The zero-order chi connectivity index (χ0) is 13.4. The molecule has 6 nitrogen and oxygen atoms in total. The molecule has 0 radical (unpaired) electrons. The fourth-order valence-corrected chi connectivity index (χ4v) is 2.59. The Bertz CT molecular complexity index is 680. The number of rotatable bonds is 3. The maximum absolute atomic E-state index is 11.4. The van der Waals surface area contributed by atoms with Gasteiger partial charge in [-0.15, -0.1) is 0 Å². The smallest absolute Gasteiger partial charge is 0.251 e. The van der Waals surface area contributed by atoms with E-state index in [0.717, 1.165) is 18.7 Å². The second-order valence-corrected chi connectivity index (χ2v) is 5.57. The number of anilines is 1. The largest absolute Gasteiger partial charge is 0.384 e. The molecule has 2 heterocycles. The Morgan fingerprint density at radius 3 is 2.79 bits per heavy atom. The second kappa shape index (κ2) is 4.65. The van der Waals surface area contributed by atoms with Gasteiger partial charge >= 0.3 is 0 Å². The molecule has 2 aromatic rings. The number of aromatic nitrogens is 4. The number of nitrogens with two attached hydrogens (primary N) is 1. The van der Waals surface area contributed by atoms with Gasteiger partial charge in [0.05, 0.1) is 0 Å². The van der Waals surface area contributed by atoms with Crippen molar-refractivity contribution >= 4 is 17.6 Å². The van der Waals surface area contributed by atoms with Crippen LogP contribution >= 0.6 is 11.8 Å². The molecule has 3 N–H and O–H groups in total. The van der Waals surface area contributed by atoms with Gasteiger partial charge < -0.3 is 10.7 Å². The predicted octanol–water partition coefficient (Wildman–Crippen LogP) is 1.48. The van der Waals surface area contributed by atoms with Crippen molar-refractivity contribution in [2.45, 2.75) is 35.9 Å². The Kier molecular flexibility index (Phi) is 2.98. The molecule has 0 spiro atoms. The maximum Gasteiger partial charge on any atom is 0.251 e. The summed E-state index contributed by atoms with van der Waals surface area (Å²) < 4.78 is 0. The van der Waals surface area contributed by atoms with Crippen LogP contribution in [-0.4, -0.2) is 19.9 Å². The summed E-state index contributed by atoms with van der Waals surface area (Å²) in [6, 6.07) is 3.15. The number of hydrogen-bond donors (Lipinski definition) is 2. The van der Waals surface area contributed by atoms with Crippen molar-refractivity contribution in [3.05, 3.63) is 34.0 Å². The SMILES string of the molecule is Cc1cc(=O)[nH]c(Sc2cc(N)nc(C3CC3)n2)n1. The molecular formula is C12H13N5OS. The molecule has 7 heteroatoms. The molecule has 19 heavy (non-hydrogen) atoms. The molecule has 0 aromatic carbocycles. The average molecular weight is 275 g/mol. The van der Waals surface area contributed by atoms with E-state index in [4.69, 9.17) is 5.73 Å². The van der Waals surface area contributed by atoms with Crippen LogP contribution in [0.5, 0.6) is 0 Å². The van der Waals surface area contributed by atoms with Crippen molar-refractivity contribution in [3.8, 4) is 0 Å². The van der Waals surface area contributed by atoms with Crippen molar-refractivity contribution in [3.63, 3.8) is 0 Å². The summed E-state index contributed by atoms with van der Waals surface area (Å²) in [5.41, 5.74) is 6.29. The molecule has 1 aliphatic rings. The first-order valence-corrected chi connectivity index (χ1v) is 6.82. The second-order valence-electron chi connectivity index (χ2n) is 4.56. The fourth-order valence-electron chi connectivity index (χ4n) is 1.74. The number of H-pyrrole nitrogens is 1. The Balaban J connectivity index is 1.91. The molecule has 98 valence electrons. The molecule has 0 saturated heterocycles. The van der Waals surface area contributed by atoms with Crippen LogP contribution in [0.15, 0.2) is 27.1 Å². The van der Waals surface area contributed by atoms with Gasteiger partial charge in [-0.25, -0.2) is 15.0 Å². The molecule has 0 atom stereocenters. The molecule has 0 aliphatic heterocycles. The van der Waals surface area contributed by atoms with Crippen LogP contribution < -0.4 is 11.3 Å². The highest BCUT2D eigenvalue weighted by Gasteiger charge is 2.27. The van der Waals surface area contributed by atoms with Crippen LogP contribution in [0.3, 0.4) is 0 Å². The highest BCUT2D eigenvalue weighted by molar-refractivity contribution is 7.99. The summed E-state index contributed by atoms with van der Waals surface area (Å²) in [6.45, 7) is 1.78. The monoisotopic (exact) mass is 275 g/mol. The number of nitrogens with one attached hydrogen (secondary N) is 1. The lowest BCUT2D eigenvalue weighted by Gasteiger charge is -2.04. The first kappa shape index (κ1) is 12.2. The third-order valence-corrected chi connectivity index (χ3v) is 3.54. The lowest BCUT2D eigenvalue weighted by Crippen LogP contribution is -2.08. The minimum Gasteiger partial charge on any atom is -0.384 e. The van der Waals surface area contributed by atoms with Gasteiger partial charge in [-0.05, 0) is 31.5 Å². The van der Waals surface area contributed by atoms with Gasteiger partial charge in [-0.3, -0.25) is 4.79 Å². The van der Waals surface area contributed by atoms with Crippen LogP contribution in [0.1, 0.15) is 30.3 Å². The highest BCUT2D eigenvalue weighted by Crippen LogP contribution is 2.39. The van der Waals surface area contributed by atoms with E-state index < -0.39 is 0 Å². The maximum atomic E-state index is 11.4. The minimum absolute atomic E-state index is 0.167. The zero-order valence-electron chi connectivity index (χ0n) is 10.4. The topological polar surface area (TPSA) is 97.5 Å². The van der Waals surface area contributed by atoms with Crippen LogP contribution in [0.4, 0.5) is 5.82 Å². The van der Waals surface area contributed by atoms with Gasteiger partial charge in [0.25, 0.3) is 5.56 Å². The number of aromatic amines is 1. The third-order valence-electron chi connectivity index (χ3n) is 2.73. The summed E-state index contributed by atoms with van der Waals surface area (Å²) >= 11 is 1.29. The van der Waals surface area contributed by atoms with Crippen molar-refractivity contribution in [1.82, 2.24) is 19.9 Å². The van der Waals surface area contributed by atoms with E-state index in [1.807, 2.05) is 0 Å². The van der Waals surface area contributed by atoms with Crippen molar-refractivity contribution < 1.29 is 0 Å². The summed E-state index contributed by atoms with van der Waals surface area (Å²) in [5, 5.41) is 1.23. The summed E-state index contributed by atoms with van der Waals surface area (Å²) in [4.78, 5) is 27.0. The van der Waals surface area contributed by atoms with E-state index in [1.54, 1.807) is 13.0 Å². The highest BCUT2D eigenvalue weighted by atomic mass is 32.2. The van der Waals surface area contributed by atoms with E-state index in [0.29, 0.717) is 27.6 Å². The normalized spacial score (nSPS) is 14.6. The summed E-state index contributed by atoms with van der Waals surface area (Å²) in [5.74, 6) is 1.68. The fraction of sp³-hybridized carbons (Fsp3) is 0.333. The average Bonchev–Trinajstić information content (AvgIpc) is 3.09. The van der Waals surface area contributed by atoms with Crippen LogP contribution in [-0.2, 0) is 0 Å². The lowest BCUT2D eigenvalue weighted by atomic mass is 10.4. The number of nitrogen functional groups attached to an aromatic ring is 1. The number of aryl methyl sites for hydroxylation is 1. The number of nitrogens with zero attached hydrogens (tertiary/aromatic N) is 3. The number of hydrogen-bond acceptors (Lipinski definition) is 6. The molecule has 3 rings (SSSR count). The molecule has 0 bridgehead atoms. The quantitative estimate of drug-likeness (QED) is 0.650. The van der Waals surface area contributed by atoms with Crippen LogP contribution in [0.2, 0.25) is 0 Å². The van der Waals surface area contributed by atoms with E-state index in [1.165, 1.54) is 17.8 Å². The van der Waals surface area contributed by atoms with Crippen molar-refractivity contribution in [1.29, 1.82) is 0 Å². The lowest BCUT2D eigenvalue weighted by molar-refractivity contribution is 0.870. The Labute approximate surface area is 113 Å². The Morgan fingerprint density at radius 2 is 2.11 bits per heavy atom. The first-order chi connectivity index (χ1) is 9.10. The van der Waals surface area contributed by atoms with Crippen LogP contribution in [0.25, 0.3) is 0 Å². The summed E-state index contributed by atoms with van der Waals surface area (Å²) in [7, 11) is 0. The van der Waals surface area contributed by atoms with Gasteiger partial charge in [0.15, 0.2) is 5.16 Å². The van der Waals surface area contributed by atoms with Gasteiger partial charge in [-0.1, -0.05) is 0 Å². The zero-order valence-corrected chi connectivity index (χ0v) is 11.2. The van der Waals surface area contributed by atoms with Crippen molar-refractivity contribution in [2.75, 3.05) is 5.73 Å². The van der Waals surface area contributed by atoms with Gasteiger partial charge in [0, 0.05) is 23.7 Å². The molecule has 1 saturated carbocycles. The van der Waals surface area contributed by atoms with E-state index in [9.17, 15) is 4.79 Å². The van der Waals surface area contributed by atoms with E-state index in [2.05, 4.69) is 19.9 Å². The van der Waals surface area contributed by atoms with Crippen LogP contribution in [0, 0.1) is 6.92 Å².